The Morgan fingerprint density at radius 1 is 1.04 bits per heavy atom. The minimum absolute atomic E-state index is 0.0677. The number of halogens is 8. The lowest BCUT2D eigenvalue weighted by molar-refractivity contribution is -0.361. The lowest BCUT2D eigenvalue weighted by atomic mass is 10.2. The molecule has 0 bridgehead atoms. The predicted octanol–water partition coefficient (Wildman–Crippen LogP) is 4.18. The zero-order chi connectivity index (χ0) is 18.8. The van der Waals surface area contributed by atoms with Crippen molar-refractivity contribution in [2.24, 2.45) is 5.10 Å². The van der Waals surface area contributed by atoms with Gasteiger partial charge in [-0.05, 0) is 33.6 Å². The van der Waals surface area contributed by atoms with Crippen LogP contribution in [0.2, 0.25) is 0 Å². The molecule has 1 aromatic rings. The third kappa shape index (κ3) is 4.02. The van der Waals surface area contributed by atoms with Crippen molar-refractivity contribution in [3.63, 3.8) is 0 Å². The van der Waals surface area contributed by atoms with Gasteiger partial charge in [-0.25, -0.2) is 5.43 Å². The molecule has 0 aliphatic heterocycles. The van der Waals surface area contributed by atoms with Crippen molar-refractivity contribution >= 4 is 22.1 Å². The summed E-state index contributed by atoms with van der Waals surface area (Å²) in [6, 6.07) is -3.09. The topological polar surface area (TPSA) is 42.8 Å². The van der Waals surface area contributed by atoms with E-state index >= 15 is 0 Å². The highest BCUT2D eigenvalue weighted by atomic mass is 79.9. The van der Waals surface area contributed by atoms with Crippen LogP contribution in [-0.2, 0) is 0 Å². The molecule has 1 N–H and O–H groups in total. The predicted molar refractivity (Wildman–Crippen MR) is 73.9 cm³/mol. The Bertz CT molecular complexity index is 620. The van der Waals surface area contributed by atoms with Gasteiger partial charge in [0.2, 0.25) is 0 Å². The maximum atomic E-state index is 13.0. The second-order valence-corrected chi connectivity index (χ2v) is 5.11. The van der Waals surface area contributed by atoms with E-state index in [0.29, 0.717) is 16.1 Å². The molecule has 0 aromatic heterocycles. The molecule has 12 heteroatoms. The Balaban J connectivity index is 3.01. The first-order valence-electron chi connectivity index (χ1n) is 5.91. The molecule has 24 heavy (non-hydrogen) atoms. The van der Waals surface area contributed by atoms with Crippen molar-refractivity contribution in [2.75, 3.05) is 14.2 Å². The minimum Gasteiger partial charge on any atom is -0.493 e. The fourth-order valence-electron chi connectivity index (χ4n) is 1.45. The van der Waals surface area contributed by atoms with Crippen LogP contribution in [0.1, 0.15) is 5.56 Å². The third-order valence-corrected chi connectivity index (χ3v) is 3.21. The van der Waals surface area contributed by atoms with E-state index in [9.17, 15) is 30.7 Å². The van der Waals surface area contributed by atoms with Crippen LogP contribution in [0.25, 0.3) is 0 Å². The number of nitrogens with one attached hydrogen (secondary N) is 1. The monoisotopic (exact) mass is 426 g/mol. The van der Waals surface area contributed by atoms with Crippen LogP contribution < -0.4 is 14.9 Å². The van der Waals surface area contributed by atoms with Gasteiger partial charge in [0.05, 0.1) is 24.9 Å². The Labute approximate surface area is 139 Å². The van der Waals surface area contributed by atoms with Gasteiger partial charge in [-0.15, -0.1) is 0 Å². The third-order valence-electron chi connectivity index (χ3n) is 2.62. The number of ether oxygens (including phenoxy) is 2. The molecular formula is C12H10BrF7N2O2. The zero-order valence-corrected chi connectivity index (χ0v) is 13.6. The van der Waals surface area contributed by atoms with Gasteiger partial charge in [-0.1, -0.05) is 0 Å². The molecule has 0 heterocycles. The number of hydrogen-bond acceptors (Lipinski definition) is 4. The van der Waals surface area contributed by atoms with Gasteiger partial charge in [0.1, 0.15) is 0 Å². The van der Waals surface area contributed by atoms with Crippen LogP contribution in [0.3, 0.4) is 0 Å². The molecule has 0 aliphatic carbocycles. The van der Waals surface area contributed by atoms with Crippen molar-refractivity contribution < 1.29 is 40.2 Å². The van der Waals surface area contributed by atoms with Gasteiger partial charge in [-0.3, -0.25) is 0 Å². The summed E-state index contributed by atoms with van der Waals surface area (Å²) >= 11 is 3.08. The summed E-state index contributed by atoms with van der Waals surface area (Å²) in [4.78, 5) is 0. The summed E-state index contributed by atoms with van der Waals surface area (Å²) < 4.78 is 97.4. The number of rotatable bonds is 6. The summed E-state index contributed by atoms with van der Waals surface area (Å²) in [5.74, 6) is -5.88. The highest BCUT2D eigenvalue weighted by molar-refractivity contribution is 9.10. The molecule has 0 saturated carbocycles. The maximum absolute atomic E-state index is 13.0. The van der Waals surface area contributed by atoms with Crippen LogP contribution in [0.4, 0.5) is 30.7 Å². The number of alkyl halides is 7. The Kier molecular flexibility index (Phi) is 5.95. The fourth-order valence-corrected chi connectivity index (χ4v) is 2.07. The van der Waals surface area contributed by atoms with Gasteiger partial charge in [-0.2, -0.15) is 35.8 Å². The largest absolute Gasteiger partial charge is 0.493 e. The first kappa shape index (κ1) is 20.3. The molecule has 0 unspecified atom stereocenters. The van der Waals surface area contributed by atoms with E-state index in [1.54, 1.807) is 0 Å². The van der Waals surface area contributed by atoms with Crippen LogP contribution >= 0.6 is 15.9 Å². The smallest absolute Gasteiger partial charge is 0.462 e. The van der Waals surface area contributed by atoms with Gasteiger partial charge in [0.25, 0.3) is 0 Å². The summed E-state index contributed by atoms with van der Waals surface area (Å²) in [6.45, 7) is 0. The van der Waals surface area contributed by atoms with Crippen molar-refractivity contribution in [2.45, 2.75) is 18.1 Å². The fraction of sp³-hybridized carbons (Fsp3) is 0.417. The van der Waals surface area contributed by atoms with Crippen molar-refractivity contribution in [1.29, 1.82) is 0 Å². The van der Waals surface area contributed by atoms with E-state index in [0.717, 1.165) is 0 Å². The average Bonchev–Trinajstić information content (AvgIpc) is 2.45. The Hall–Kier alpha value is -1.72. The number of methoxy groups -OCH3 is 2. The molecule has 0 aliphatic rings. The van der Waals surface area contributed by atoms with Gasteiger partial charge < -0.3 is 9.47 Å². The SMILES string of the molecule is COc1cc(/C=N\NC(F)(F)C(F)(F)C(F)(F)F)cc(Br)c1OC. The Morgan fingerprint density at radius 3 is 2.08 bits per heavy atom. The zero-order valence-electron chi connectivity index (χ0n) is 12.0. The van der Waals surface area contributed by atoms with E-state index in [-0.39, 0.29) is 17.1 Å². The molecule has 0 atom stereocenters. The first-order valence-corrected chi connectivity index (χ1v) is 6.70. The van der Waals surface area contributed by atoms with Crippen molar-refractivity contribution in [3.8, 4) is 11.5 Å². The van der Waals surface area contributed by atoms with E-state index in [1.807, 2.05) is 0 Å². The molecular weight excluding hydrogens is 417 g/mol. The lowest BCUT2D eigenvalue weighted by Crippen LogP contribution is -2.58. The minimum atomic E-state index is -6.44. The van der Waals surface area contributed by atoms with E-state index < -0.39 is 18.1 Å². The lowest BCUT2D eigenvalue weighted by Gasteiger charge is -2.27. The summed E-state index contributed by atoms with van der Waals surface area (Å²) in [7, 11) is 2.61. The standard InChI is InChI=1S/C12H10BrF7N2O2/c1-23-8-4-6(3-7(13)9(8)24-2)5-21-22-12(19,20)10(14,15)11(16,17)18/h3-5,22H,1-2H3/b21-5-. The number of hydrogen-bond donors (Lipinski definition) is 1. The number of nitrogens with zero attached hydrogens (tertiary/aromatic N) is 1. The second kappa shape index (κ2) is 7.03. The van der Waals surface area contributed by atoms with Crippen LogP contribution in [0.15, 0.2) is 21.7 Å². The molecule has 0 fully saturated rings. The molecule has 136 valence electrons. The van der Waals surface area contributed by atoms with E-state index in [1.165, 1.54) is 26.4 Å². The van der Waals surface area contributed by atoms with Gasteiger partial charge in [0.15, 0.2) is 11.5 Å². The van der Waals surface area contributed by atoms with Crippen LogP contribution in [0.5, 0.6) is 11.5 Å². The molecule has 1 rings (SSSR count). The number of hydrazone groups is 1. The molecule has 1 aromatic carbocycles. The normalized spacial score (nSPS) is 13.2. The number of benzene rings is 1. The summed E-state index contributed by atoms with van der Waals surface area (Å²) in [6.07, 6.45) is -5.82. The quantitative estimate of drug-likeness (QED) is 0.321. The Morgan fingerprint density at radius 2 is 1.62 bits per heavy atom. The van der Waals surface area contributed by atoms with Gasteiger partial charge >= 0.3 is 18.1 Å². The molecule has 4 nitrogen and oxygen atoms in total. The molecule has 0 spiro atoms. The van der Waals surface area contributed by atoms with Crippen LogP contribution in [-0.4, -0.2) is 38.6 Å². The first-order chi connectivity index (χ1) is 10.9. The second-order valence-electron chi connectivity index (χ2n) is 4.25. The maximum Gasteiger partial charge on any atom is 0.462 e. The molecule has 0 amide bonds. The van der Waals surface area contributed by atoms with E-state index in [2.05, 4.69) is 21.0 Å². The summed E-state index contributed by atoms with van der Waals surface area (Å²) in [5, 5.41) is 2.74. The van der Waals surface area contributed by atoms with E-state index in [4.69, 9.17) is 9.47 Å². The molecule has 0 radical (unpaired) electrons. The highest BCUT2D eigenvalue weighted by Crippen LogP contribution is 2.45. The molecule has 0 saturated heterocycles. The van der Waals surface area contributed by atoms with Gasteiger partial charge in [0, 0.05) is 0 Å². The van der Waals surface area contributed by atoms with Crippen molar-refractivity contribution in [3.05, 3.63) is 22.2 Å². The highest BCUT2D eigenvalue weighted by Gasteiger charge is 2.73. The summed E-state index contributed by atoms with van der Waals surface area (Å²) in [5.41, 5.74) is 0.586. The average molecular weight is 427 g/mol. The van der Waals surface area contributed by atoms with Crippen LogP contribution in [0, 0.1) is 0 Å². The van der Waals surface area contributed by atoms with Crippen molar-refractivity contribution in [1.82, 2.24) is 5.43 Å².